The fourth-order valence-electron chi connectivity index (χ4n) is 0.843. The smallest absolute Gasteiger partial charge is 0.229 e. The first-order chi connectivity index (χ1) is 10.5. The number of rotatable bonds is 6. The van der Waals surface area contributed by atoms with Crippen molar-refractivity contribution in [3.8, 4) is 0 Å². The molecular formula is C6H2F12O5S2. The summed E-state index contributed by atoms with van der Waals surface area (Å²) in [4.78, 5) is 0. The van der Waals surface area contributed by atoms with Gasteiger partial charge in [-0.3, -0.25) is 0 Å². The maximum absolute atomic E-state index is 12.8. The van der Waals surface area contributed by atoms with E-state index in [0.29, 0.717) is 0 Å². The maximum atomic E-state index is 12.8. The Labute approximate surface area is 129 Å². The van der Waals surface area contributed by atoms with Crippen molar-refractivity contribution in [1.29, 1.82) is 0 Å². The van der Waals surface area contributed by atoms with Crippen LogP contribution in [0.5, 0.6) is 0 Å². The molecule has 5 nitrogen and oxygen atoms in total. The Kier molecular flexibility index (Phi) is 6.07. The highest BCUT2D eigenvalue weighted by Gasteiger charge is 2.70. The lowest BCUT2D eigenvalue weighted by Gasteiger charge is -2.24. The van der Waals surface area contributed by atoms with E-state index in [2.05, 4.69) is 0 Å². The van der Waals surface area contributed by atoms with E-state index in [-0.39, 0.29) is 0 Å². The standard InChI is InChI=1S/C6H2F12O5S2/c7-1(3(9,10)11)5(15,16)24(19,20)23-25(21,22)6(17,18)2(8)4(12,13)14/h1-2H. The molecule has 2 atom stereocenters. The van der Waals surface area contributed by atoms with E-state index in [0.717, 1.165) is 0 Å². The highest BCUT2D eigenvalue weighted by Crippen LogP contribution is 2.43. The predicted octanol–water partition coefficient (Wildman–Crippen LogP) is 2.65. The van der Waals surface area contributed by atoms with Gasteiger partial charge < -0.3 is 0 Å². The Morgan fingerprint density at radius 3 is 0.920 bits per heavy atom. The van der Waals surface area contributed by atoms with Gasteiger partial charge in [-0.2, -0.15) is 60.7 Å². The van der Waals surface area contributed by atoms with Crippen molar-refractivity contribution in [2.45, 2.75) is 35.2 Å². The van der Waals surface area contributed by atoms with E-state index >= 15 is 0 Å². The molecule has 0 aliphatic carbocycles. The van der Waals surface area contributed by atoms with Crippen molar-refractivity contribution in [3.63, 3.8) is 0 Å². The van der Waals surface area contributed by atoms with Crippen LogP contribution in [0.3, 0.4) is 0 Å². The Balaban J connectivity index is 5.99. The van der Waals surface area contributed by atoms with Gasteiger partial charge in [0.1, 0.15) is 0 Å². The molecule has 0 aromatic carbocycles. The second kappa shape index (κ2) is 6.32. The normalized spacial score (nSPS) is 18.1. The van der Waals surface area contributed by atoms with Crippen LogP contribution in [-0.2, 0) is 23.9 Å². The van der Waals surface area contributed by atoms with Crippen LogP contribution in [0.25, 0.3) is 0 Å². The highest BCUT2D eigenvalue weighted by molar-refractivity contribution is 8.00. The van der Waals surface area contributed by atoms with Crippen LogP contribution in [0, 0.1) is 0 Å². The Hall–Kier alpha value is -0.980. The summed E-state index contributed by atoms with van der Waals surface area (Å²) in [5, 5.41) is -13.8. The molecule has 0 saturated carbocycles. The third kappa shape index (κ3) is 4.60. The average Bonchev–Trinajstić information content (AvgIpc) is 2.32. The summed E-state index contributed by atoms with van der Waals surface area (Å²) >= 11 is 0. The zero-order valence-electron chi connectivity index (χ0n) is 10.5. The molecule has 0 fully saturated rings. The molecule has 0 heterocycles. The van der Waals surface area contributed by atoms with Gasteiger partial charge in [0.05, 0.1) is 0 Å². The van der Waals surface area contributed by atoms with E-state index < -0.39 is 55.4 Å². The minimum absolute atomic E-state index is 1.95. The lowest BCUT2D eigenvalue weighted by molar-refractivity contribution is -0.224. The summed E-state index contributed by atoms with van der Waals surface area (Å²) in [5.74, 6) is 0. The van der Waals surface area contributed by atoms with Crippen LogP contribution >= 0.6 is 0 Å². The van der Waals surface area contributed by atoms with Gasteiger partial charge in [-0.05, 0) is 0 Å². The highest BCUT2D eigenvalue weighted by atomic mass is 32.3. The van der Waals surface area contributed by atoms with E-state index in [1.165, 1.54) is 0 Å². The molecule has 0 N–H and O–H groups in total. The number of hydrogen-bond acceptors (Lipinski definition) is 5. The van der Waals surface area contributed by atoms with Gasteiger partial charge in [0.2, 0.25) is 0 Å². The van der Waals surface area contributed by atoms with Gasteiger partial charge in [-0.25, -0.2) is 8.78 Å². The lowest BCUT2D eigenvalue weighted by Crippen LogP contribution is -2.52. The van der Waals surface area contributed by atoms with Crippen molar-refractivity contribution < 1.29 is 73.1 Å². The van der Waals surface area contributed by atoms with E-state index in [9.17, 15) is 69.5 Å². The molecule has 0 aromatic heterocycles. The first-order valence-electron chi connectivity index (χ1n) is 4.89. The van der Waals surface area contributed by atoms with Crippen molar-refractivity contribution in [1.82, 2.24) is 0 Å². The first-order valence-corrected chi connectivity index (χ1v) is 7.71. The number of hydrogen-bond donors (Lipinski definition) is 0. The molecule has 0 saturated heterocycles. The molecular weight excluding hydrogens is 444 g/mol. The van der Waals surface area contributed by atoms with Gasteiger partial charge in [0.15, 0.2) is 0 Å². The summed E-state index contributed by atoms with van der Waals surface area (Å²) < 4.78 is 191. The van der Waals surface area contributed by atoms with Crippen LogP contribution in [-0.4, -0.2) is 52.0 Å². The summed E-state index contributed by atoms with van der Waals surface area (Å²) in [6, 6.07) is 0. The fraction of sp³-hybridized carbons (Fsp3) is 1.00. The lowest BCUT2D eigenvalue weighted by atomic mass is 10.4. The van der Waals surface area contributed by atoms with Gasteiger partial charge >= 0.3 is 43.1 Å². The van der Waals surface area contributed by atoms with Crippen molar-refractivity contribution >= 4 is 20.2 Å². The van der Waals surface area contributed by atoms with Crippen LogP contribution in [0.4, 0.5) is 52.7 Å². The second-order valence-corrected chi connectivity index (χ2v) is 7.36. The molecule has 25 heavy (non-hydrogen) atoms. The topological polar surface area (TPSA) is 77.5 Å². The third-order valence-corrected chi connectivity index (χ3v) is 5.19. The Morgan fingerprint density at radius 1 is 0.560 bits per heavy atom. The molecule has 0 radical (unpaired) electrons. The quantitative estimate of drug-likeness (QED) is 0.587. The minimum Gasteiger partial charge on any atom is -0.229 e. The molecule has 0 aliphatic rings. The van der Waals surface area contributed by atoms with E-state index in [1.54, 1.807) is 0 Å². The fourth-order valence-corrected chi connectivity index (χ4v) is 3.29. The Morgan fingerprint density at radius 2 is 0.760 bits per heavy atom. The minimum atomic E-state index is -7.79. The molecule has 0 bridgehead atoms. The third-order valence-electron chi connectivity index (χ3n) is 2.01. The monoisotopic (exact) mass is 446 g/mol. The molecule has 0 aromatic rings. The SMILES string of the molecule is O=S(=O)(OS(=O)(=O)C(F)(F)C(F)C(F)(F)F)C(F)(F)C(F)C(F)(F)F. The van der Waals surface area contributed by atoms with Crippen molar-refractivity contribution in [2.24, 2.45) is 0 Å². The predicted molar refractivity (Wildman–Crippen MR) is 50.7 cm³/mol. The first kappa shape index (κ1) is 24.0. The summed E-state index contributed by atoms with van der Waals surface area (Å²) in [6.07, 6.45) is -24.8. The second-order valence-electron chi connectivity index (χ2n) is 3.91. The molecule has 0 spiro atoms. The molecule has 0 amide bonds. The summed E-state index contributed by atoms with van der Waals surface area (Å²) in [7, 11) is -15.6. The van der Waals surface area contributed by atoms with Gasteiger partial charge in [-0.15, -0.1) is 3.63 Å². The number of alkyl halides is 12. The van der Waals surface area contributed by atoms with Crippen LogP contribution in [0.1, 0.15) is 0 Å². The van der Waals surface area contributed by atoms with E-state index in [1.807, 2.05) is 3.63 Å². The van der Waals surface area contributed by atoms with Crippen molar-refractivity contribution in [2.75, 3.05) is 0 Å². The van der Waals surface area contributed by atoms with Gasteiger partial charge in [0.25, 0.3) is 12.3 Å². The molecule has 2 unspecified atom stereocenters. The van der Waals surface area contributed by atoms with Gasteiger partial charge in [0, 0.05) is 0 Å². The number of halogens is 12. The van der Waals surface area contributed by atoms with E-state index in [4.69, 9.17) is 0 Å². The average molecular weight is 446 g/mol. The zero-order chi connectivity index (χ0) is 20.9. The van der Waals surface area contributed by atoms with Gasteiger partial charge in [-0.1, -0.05) is 0 Å². The summed E-state index contributed by atoms with van der Waals surface area (Å²) in [6.45, 7) is 0. The Bertz CT molecular complexity index is 628. The molecule has 0 aliphatic heterocycles. The van der Waals surface area contributed by atoms with Crippen LogP contribution in [0.2, 0.25) is 0 Å². The largest absolute Gasteiger partial charge is 0.426 e. The van der Waals surface area contributed by atoms with Crippen LogP contribution < -0.4 is 0 Å². The van der Waals surface area contributed by atoms with Crippen LogP contribution in [0.15, 0.2) is 0 Å². The molecule has 0 rings (SSSR count). The molecule has 19 heteroatoms. The maximum Gasteiger partial charge on any atom is 0.426 e. The molecule has 152 valence electrons. The van der Waals surface area contributed by atoms with Crippen molar-refractivity contribution in [3.05, 3.63) is 0 Å². The zero-order valence-corrected chi connectivity index (χ0v) is 12.2. The summed E-state index contributed by atoms with van der Waals surface area (Å²) in [5.41, 5.74) is 0.